The number of rotatable bonds is 8. The zero-order valence-corrected chi connectivity index (χ0v) is 16.2. The Kier molecular flexibility index (Phi) is 11.9. The number of thioether (sulfide) groups is 2. The lowest BCUT2D eigenvalue weighted by molar-refractivity contribution is -0.151. The molecule has 2 unspecified atom stereocenters. The topological polar surface area (TPSA) is 61.8 Å². The number of carbonyl (C=O) groups is 2. The van der Waals surface area contributed by atoms with E-state index in [4.69, 9.17) is 38.6 Å². The molecule has 0 aliphatic rings. The molecule has 0 aromatic rings. The van der Waals surface area contributed by atoms with Crippen molar-refractivity contribution in [2.75, 3.05) is 19.8 Å². The number of carbonyl (C=O) groups excluding carboxylic acids is 2. The van der Waals surface area contributed by atoms with Gasteiger partial charge >= 0.3 is 11.9 Å². The van der Waals surface area contributed by atoms with Gasteiger partial charge < -0.3 is 14.2 Å². The van der Waals surface area contributed by atoms with Crippen molar-refractivity contribution in [2.45, 2.75) is 38.2 Å². The zero-order valence-electron chi connectivity index (χ0n) is 13.0. The normalized spacial score (nSPS) is 12.9. The van der Waals surface area contributed by atoms with Crippen LogP contribution >= 0.6 is 48.0 Å². The summed E-state index contributed by atoms with van der Waals surface area (Å²) < 4.78 is 16.1. The molecule has 5 nitrogen and oxygen atoms in total. The third-order valence-electron chi connectivity index (χ3n) is 2.11. The summed E-state index contributed by atoms with van der Waals surface area (Å²) >= 11 is 12.2. The monoisotopic (exact) mass is 384 g/mol. The van der Waals surface area contributed by atoms with Crippen LogP contribution in [0.5, 0.6) is 0 Å². The van der Waals surface area contributed by atoms with Gasteiger partial charge in [-0.2, -0.15) is 0 Å². The number of hydrogen-bond donors (Lipinski definition) is 0. The molecule has 0 aliphatic carbocycles. The van der Waals surface area contributed by atoms with Crippen LogP contribution in [0.25, 0.3) is 0 Å². The van der Waals surface area contributed by atoms with E-state index < -0.39 is 11.2 Å². The van der Waals surface area contributed by atoms with E-state index in [2.05, 4.69) is 0 Å². The molecule has 0 radical (unpaired) electrons. The van der Waals surface area contributed by atoms with Crippen molar-refractivity contribution in [2.24, 2.45) is 0 Å². The summed E-state index contributed by atoms with van der Waals surface area (Å²) in [6.07, 6.45) is 0. The van der Waals surface area contributed by atoms with Gasteiger partial charge in [-0.25, -0.2) is 0 Å². The minimum Gasteiger partial charge on any atom is -0.479 e. The molecule has 0 aromatic heterocycles. The predicted molar refractivity (Wildman–Crippen MR) is 98.5 cm³/mol. The maximum absolute atomic E-state index is 11.7. The van der Waals surface area contributed by atoms with E-state index in [0.29, 0.717) is 15.2 Å². The van der Waals surface area contributed by atoms with Gasteiger partial charge in [0.2, 0.25) is 4.38 Å². The first-order valence-electron chi connectivity index (χ1n) is 6.61. The molecule has 2 atom stereocenters. The predicted octanol–water partition coefficient (Wildman–Crippen LogP) is 2.98. The van der Waals surface area contributed by atoms with Crippen molar-refractivity contribution in [1.82, 2.24) is 0 Å². The van der Waals surface area contributed by atoms with E-state index in [1.165, 1.54) is 11.8 Å². The quantitative estimate of drug-likeness (QED) is 0.357. The van der Waals surface area contributed by atoms with Crippen molar-refractivity contribution in [3.8, 4) is 0 Å². The van der Waals surface area contributed by atoms with Crippen molar-refractivity contribution >= 4 is 68.5 Å². The van der Waals surface area contributed by atoms with Crippen LogP contribution < -0.4 is 0 Å². The van der Waals surface area contributed by atoms with Crippen molar-refractivity contribution in [1.29, 1.82) is 0 Å². The second-order valence-corrected chi connectivity index (χ2v) is 8.40. The van der Waals surface area contributed by atoms with Crippen LogP contribution in [0.4, 0.5) is 0 Å². The fraction of sp³-hybridized carbons (Fsp3) is 0.692. The number of ether oxygens (including phenoxy) is 3. The van der Waals surface area contributed by atoms with Crippen LogP contribution in [-0.2, 0) is 23.8 Å². The fourth-order valence-electron chi connectivity index (χ4n) is 1.16. The highest BCUT2D eigenvalue weighted by Crippen LogP contribution is 2.16. The van der Waals surface area contributed by atoms with E-state index in [9.17, 15) is 9.59 Å². The van der Waals surface area contributed by atoms with Crippen molar-refractivity contribution in [3.63, 3.8) is 0 Å². The molecule has 9 heteroatoms. The summed E-state index contributed by atoms with van der Waals surface area (Å²) in [5, 5.41) is -0.840. The Bertz CT molecular complexity index is 413. The van der Waals surface area contributed by atoms with Gasteiger partial charge in [0, 0.05) is 4.20 Å². The summed E-state index contributed by atoms with van der Waals surface area (Å²) in [5.41, 5.74) is 0. The van der Waals surface area contributed by atoms with Crippen LogP contribution in [0.1, 0.15) is 27.7 Å². The Labute approximate surface area is 150 Å². The van der Waals surface area contributed by atoms with E-state index in [-0.39, 0.29) is 24.4 Å². The van der Waals surface area contributed by atoms with Gasteiger partial charge in [-0.15, -0.1) is 11.8 Å². The Morgan fingerprint density at radius 3 is 1.82 bits per heavy atom. The molecule has 126 valence electrons. The first kappa shape index (κ1) is 21.6. The Morgan fingerprint density at radius 2 is 1.41 bits per heavy atom. The molecule has 0 N–H and O–H groups in total. The van der Waals surface area contributed by atoms with Gasteiger partial charge in [-0.3, -0.25) is 9.59 Å². The highest BCUT2D eigenvalue weighted by atomic mass is 32.2. The lowest BCUT2D eigenvalue weighted by Gasteiger charge is -2.13. The second-order valence-electron chi connectivity index (χ2n) is 4.03. The lowest BCUT2D eigenvalue weighted by atomic mass is 10.5. The number of hydrogen-bond acceptors (Lipinski definition) is 9. The summed E-state index contributed by atoms with van der Waals surface area (Å²) in [6.45, 7) is 7.42. The molecule has 0 saturated heterocycles. The molecule has 0 fully saturated rings. The van der Waals surface area contributed by atoms with Crippen LogP contribution in [0, 0.1) is 0 Å². The molecule has 0 heterocycles. The van der Waals surface area contributed by atoms with Gasteiger partial charge in [0.15, 0.2) is 0 Å². The van der Waals surface area contributed by atoms with E-state index >= 15 is 0 Å². The Balaban J connectivity index is 3.90. The van der Waals surface area contributed by atoms with Crippen LogP contribution in [0.15, 0.2) is 0 Å². The average molecular weight is 385 g/mol. The minimum absolute atomic E-state index is 0.00479. The molecule has 0 aromatic carbocycles. The SMILES string of the molecule is CCOC(=S)SC(C)C(=O)OCCOC(=O)C(C)SC(C)=S. The summed E-state index contributed by atoms with van der Waals surface area (Å²) in [7, 11) is 0. The highest BCUT2D eigenvalue weighted by molar-refractivity contribution is 8.24. The van der Waals surface area contributed by atoms with Gasteiger partial charge in [0.05, 0.1) is 6.61 Å². The third kappa shape index (κ3) is 10.4. The van der Waals surface area contributed by atoms with E-state index in [1.54, 1.807) is 20.8 Å². The highest BCUT2D eigenvalue weighted by Gasteiger charge is 2.19. The Morgan fingerprint density at radius 1 is 0.955 bits per heavy atom. The lowest BCUT2D eigenvalue weighted by Crippen LogP contribution is -2.24. The maximum Gasteiger partial charge on any atom is 0.319 e. The molecule has 0 aliphatic heterocycles. The third-order valence-corrected chi connectivity index (χ3v) is 4.54. The van der Waals surface area contributed by atoms with Gasteiger partial charge in [-0.1, -0.05) is 24.0 Å². The Hall–Kier alpha value is -0.380. The average Bonchev–Trinajstić information content (AvgIpc) is 2.42. The molecular formula is C13H20O5S4. The number of thiocarbonyl (C=S) groups is 2. The summed E-state index contributed by atoms with van der Waals surface area (Å²) in [4.78, 5) is 23.3. The molecular weight excluding hydrogens is 364 g/mol. The molecule has 0 amide bonds. The van der Waals surface area contributed by atoms with Crippen LogP contribution in [0.2, 0.25) is 0 Å². The van der Waals surface area contributed by atoms with Crippen molar-refractivity contribution in [3.05, 3.63) is 0 Å². The van der Waals surface area contributed by atoms with Crippen LogP contribution in [0.3, 0.4) is 0 Å². The first-order valence-corrected chi connectivity index (χ1v) is 9.19. The first-order chi connectivity index (χ1) is 10.3. The zero-order chi connectivity index (χ0) is 17.1. The van der Waals surface area contributed by atoms with E-state index in [0.717, 1.165) is 11.8 Å². The minimum atomic E-state index is -0.471. The largest absolute Gasteiger partial charge is 0.479 e. The molecule has 0 rings (SSSR count). The van der Waals surface area contributed by atoms with Gasteiger partial charge in [0.25, 0.3) is 0 Å². The molecule has 0 spiro atoms. The van der Waals surface area contributed by atoms with Gasteiger partial charge in [-0.05, 0) is 39.9 Å². The molecule has 0 bridgehead atoms. The second kappa shape index (κ2) is 12.1. The fourth-order valence-corrected chi connectivity index (χ4v) is 3.45. The smallest absolute Gasteiger partial charge is 0.319 e. The van der Waals surface area contributed by atoms with Crippen LogP contribution in [-0.4, -0.2) is 50.8 Å². The van der Waals surface area contributed by atoms with Crippen molar-refractivity contribution < 1.29 is 23.8 Å². The maximum atomic E-state index is 11.7. The molecule has 22 heavy (non-hydrogen) atoms. The number of esters is 2. The standard InChI is InChI=1S/C13H20O5S4/c1-5-16-13(20)22-9(3)12(15)18-7-6-17-11(14)8(2)21-10(4)19/h8-9H,5-7H2,1-4H3. The summed E-state index contributed by atoms with van der Waals surface area (Å²) in [6, 6.07) is 0. The molecule has 0 saturated carbocycles. The van der Waals surface area contributed by atoms with Gasteiger partial charge in [0.1, 0.15) is 23.7 Å². The van der Waals surface area contributed by atoms with E-state index in [1.807, 2.05) is 6.92 Å². The summed E-state index contributed by atoms with van der Waals surface area (Å²) in [5.74, 6) is -0.814.